The number of nitrogens with zero attached hydrogens (tertiary/aromatic N) is 3. The Morgan fingerprint density at radius 3 is 2.55 bits per heavy atom. The van der Waals surface area contributed by atoms with Crippen LogP contribution in [0.15, 0.2) is 48.5 Å². The van der Waals surface area contributed by atoms with Crippen molar-refractivity contribution in [1.29, 1.82) is 0 Å². The van der Waals surface area contributed by atoms with Crippen molar-refractivity contribution in [2.24, 2.45) is 13.0 Å². The van der Waals surface area contributed by atoms with Crippen molar-refractivity contribution in [3.05, 3.63) is 76.7 Å². The standard InChI is InChI=1S/C24H26FN3O/c1-15(2)23-20-10-5-16(3)13-18(20)11-12-28(23)24(29)21-14-22(27(4)26-21)17-6-8-19(25)9-7-17/h5-10,13-15,23H,11-12H2,1-4H3. The zero-order valence-corrected chi connectivity index (χ0v) is 17.3. The molecule has 1 atom stereocenters. The van der Waals surface area contributed by atoms with Crippen molar-refractivity contribution >= 4 is 5.91 Å². The number of fused-ring (bicyclic) bond motifs is 1. The Bertz CT molecular complexity index is 1050. The summed E-state index contributed by atoms with van der Waals surface area (Å²) < 4.78 is 14.9. The van der Waals surface area contributed by atoms with E-state index >= 15 is 0 Å². The molecule has 2 aromatic carbocycles. The first-order valence-electron chi connectivity index (χ1n) is 10.1. The van der Waals surface area contributed by atoms with E-state index in [1.807, 2.05) is 11.9 Å². The highest BCUT2D eigenvalue weighted by molar-refractivity contribution is 5.94. The van der Waals surface area contributed by atoms with Gasteiger partial charge in [0.2, 0.25) is 0 Å². The molecule has 0 saturated heterocycles. The molecule has 150 valence electrons. The fourth-order valence-electron chi connectivity index (χ4n) is 4.34. The maximum Gasteiger partial charge on any atom is 0.274 e. The summed E-state index contributed by atoms with van der Waals surface area (Å²) in [5.41, 5.74) is 5.87. The second-order valence-corrected chi connectivity index (χ2v) is 8.18. The minimum Gasteiger partial charge on any atom is -0.330 e. The van der Waals surface area contributed by atoms with Gasteiger partial charge >= 0.3 is 0 Å². The van der Waals surface area contributed by atoms with Gasteiger partial charge < -0.3 is 4.90 Å². The second kappa shape index (κ2) is 7.47. The largest absolute Gasteiger partial charge is 0.330 e. The van der Waals surface area contributed by atoms with Crippen LogP contribution in [0.3, 0.4) is 0 Å². The molecule has 1 aliphatic rings. The molecule has 1 aliphatic heterocycles. The second-order valence-electron chi connectivity index (χ2n) is 8.18. The highest BCUT2D eigenvalue weighted by Gasteiger charge is 2.34. The zero-order chi connectivity index (χ0) is 20.7. The van der Waals surface area contributed by atoms with E-state index in [0.29, 0.717) is 18.2 Å². The maximum absolute atomic E-state index is 13.4. The smallest absolute Gasteiger partial charge is 0.274 e. The molecule has 1 aromatic heterocycles. The number of carbonyl (C=O) groups is 1. The third-order valence-electron chi connectivity index (χ3n) is 5.71. The Labute approximate surface area is 171 Å². The van der Waals surface area contributed by atoms with Crippen molar-refractivity contribution < 1.29 is 9.18 Å². The van der Waals surface area contributed by atoms with E-state index in [4.69, 9.17) is 0 Å². The van der Waals surface area contributed by atoms with Crippen LogP contribution in [0.1, 0.15) is 47.1 Å². The molecule has 0 saturated carbocycles. The monoisotopic (exact) mass is 391 g/mol. The normalized spacial score (nSPS) is 16.2. The summed E-state index contributed by atoms with van der Waals surface area (Å²) >= 11 is 0. The Balaban J connectivity index is 1.68. The van der Waals surface area contributed by atoms with Crippen LogP contribution in [0.2, 0.25) is 0 Å². The quantitative estimate of drug-likeness (QED) is 0.635. The van der Waals surface area contributed by atoms with Crippen LogP contribution in [0.5, 0.6) is 0 Å². The predicted molar refractivity (Wildman–Crippen MR) is 112 cm³/mol. The maximum atomic E-state index is 13.4. The SMILES string of the molecule is Cc1ccc2c(c1)CCN(C(=O)c1cc(-c3ccc(F)cc3)n(C)n1)C2C(C)C. The van der Waals surface area contributed by atoms with Crippen molar-refractivity contribution in [3.8, 4) is 11.3 Å². The minimum atomic E-state index is -0.283. The molecule has 0 N–H and O–H groups in total. The van der Waals surface area contributed by atoms with Crippen molar-refractivity contribution in [2.75, 3.05) is 6.54 Å². The Hall–Kier alpha value is -2.95. The Morgan fingerprint density at radius 2 is 1.86 bits per heavy atom. The lowest BCUT2D eigenvalue weighted by Crippen LogP contribution is -2.42. The predicted octanol–water partition coefficient (Wildman–Crippen LogP) is 4.93. The average molecular weight is 391 g/mol. The molecule has 2 heterocycles. The first-order valence-corrected chi connectivity index (χ1v) is 10.1. The zero-order valence-electron chi connectivity index (χ0n) is 17.3. The van der Waals surface area contributed by atoms with Crippen LogP contribution in [-0.4, -0.2) is 27.1 Å². The third kappa shape index (κ3) is 3.57. The highest BCUT2D eigenvalue weighted by atomic mass is 19.1. The van der Waals surface area contributed by atoms with Crippen LogP contribution in [-0.2, 0) is 13.5 Å². The highest BCUT2D eigenvalue weighted by Crippen LogP contribution is 2.36. The summed E-state index contributed by atoms with van der Waals surface area (Å²) in [6.07, 6.45) is 0.851. The van der Waals surface area contributed by atoms with Gasteiger partial charge in [-0.15, -0.1) is 0 Å². The molecule has 0 aliphatic carbocycles. The molecule has 0 fully saturated rings. The lowest BCUT2D eigenvalue weighted by atomic mass is 9.85. The lowest BCUT2D eigenvalue weighted by molar-refractivity contribution is 0.0596. The first-order chi connectivity index (χ1) is 13.8. The first kappa shape index (κ1) is 19.4. The lowest BCUT2D eigenvalue weighted by Gasteiger charge is -2.39. The topological polar surface area (TPSA) is 38.1 Å². The number of carbonyl (C=O) groups excluding carboxylic acids is 1. The number of amides is 1. The fraction of sp³-hybridized carbons (Fsp3) is 0.333. The number of hydrogen-bond donors (Lipinski definition) is 0. The molecular weight excluding hydrogens is 365 g/mol. The van der Waals surface area contributed by atoms with Crippen LogP contribution in [0.25, 0.3) is 11.3 Å². The fourth-order valence-corrected chi connectivity index (χ4v) is 4.34. The van der Waals surface area contributed by atoms with Crippen LogP contribution >= 0.6 is 0 Å². The molecule has 5 heteroatoms. The Morgan fingerprint density at radius 1 is 1.14 bits per heavy atom. The molecule has 1 unspecified atom stereocenters. The molecule has 0 bridgehead atoms. The molecule has 1 amide bonds. The molecule has 4 nitrogen and oxygen atoms in total. The number of aryl methyl sites for hydroxylation is 2. The van der Waals surface area contributed by atoms with Crippen molar-refractivity contribution in [3.63, 3.8) is 0 Å². The van der Waals surface area contributed by atoms with Gasteiger partial charge in [-0.25, -0.2) is 4.39 Å². The Kier molecular flexibility index (Phi) is 4.99. The van der Waals surface area contributed by atoms with Gasteiger partial charge in [0.15, 0.2) is 5.69 Å². The van der Waals surface area contributed by atoms with E-state index in [1.54, 1.807) is 22.9 Å². The van der Waals surface area contributed by atoms with Gasteiger partial charge in [-0.05, 0) is 66.3 Å². The number of hydrogen-bond acceptors (Lipinski definition) is 2. The van der Waals surface area contributed by atoms with Gasteiger partial charge in [-0.1, -0.05) is 37.6 Å². The molecule has 3 aromatic rings. The van der Waals surface area contributed by atoms with E-state index < -0.39 is 0 Å². The minimum absolute atomic E-state index is 0.0307. The summed E-state index contributed by atoms with van der Waals surface area (Å²) in [5.74, 6) is -0.0471. The molecule has 0 spiro atoms. The molecule has 4 rings (SSSR count). The third-order valence-corrected chi connectivity index (χ3v) is 5.71. The van der Waals surface area contributed by atoms with Gasteiger partial charge in [0, 0.05) is 13.6 Å². The summed E-state index contributed by atoms with van der Waals surface area (Å²) in [6, 6.07) is 14.6. The molecule has 0 radical (unpaired) electrons. The van der Waals surface area contributed by atoms with Crippen LogP contribution in [0, 0.1) is 18.7 Å². The van der Waals surface area contributed by atoms with Gasteiger partial charge in [0.25, 0.3) is 5.91 Å². The van der Waals surface area contributed by atoms with Crippen LogP contribution in [0.4, 0.5) is 4.39 Å². The average Bonchev–Trinajstić information content (AvgIpc) is 3.08. The van der Waals surface area contributed by atoms with Gasteiger partial charge in [0.05, 0.1) is 11.7 Å². The number of aromatic nitrogens is 2. The summed E-state index contributed by atoms with van der Waals surface area (Å²) in [7, 11) is 1.81. The summed E-state index contributed by atoms with van der Waals surface area (Å²) in [6.45, 7) is 7.10. The van der Waals surface area contributed by atoms with Gasteiger partial charge in [0.1, 0.15) is 5.82 Å². The van der Waals surface area contributed by atoms with Crippen molar-refractivity contribution in [2.45, 2.75) is 33.2 Å². The van der Waals surface area contributed by atoms with E-state index in [1.165, 1.54) is 28.8 Å². The van der Waals surface area contributed by atoms with E-state index in [0.717, 1.165) is 17.7 Å². The van der Waals surface area contributed by atoms with E-state index in [-0.39, 0.29) is 17.8 Å². The van der Waals surface area contributed by atoms with Gasteiger partial charge in [-0.2, -0.15) is 5.10 Å². The molecule has 29 heavy (non-hydrogen) atoms. The summed E-state index contributed by atoms with van der Waals surface area (Å²) in [4.78, 5) is 15.4. The van der Waals surface area contributed by atoms with E-state index in [9.17, 15) is 9.18 Å². The van der Waals surface area contributed by atoms with Gasteiger partial charge in [-0.3, -0.25) is 9.48 Å². The number of benzene rings is 2. The summed E-state index contributed by atoms with van der Waals surface area (Å²) in [5, 5.41) is 4.48. The van der Waals surface area contributed by atoms with Crippen molar-refractivity contribution in [1.82, 2.24) is 14.7 Å². The molecular formula is C24H26FN3O. The number of rotatable bonds is 3. The van der Waals surface area contributed by atoms with Crippen LogP contribution < -0.4 is 0 Å². The van der Waals surface area contributed by atoms with E-state index in [2.05, 4.69) is 44.1 Å². The number of halogens is 1.